The Morgan fingerprint density at radius 1 is 1.38 bits per heavy atom. The number of aromatic hydroxyl groups is 1. The van der Waals surface area contributed by atoms with Gasteiger partial charge in [-0.3, -0.25) is 4.79 Å². The van der Waals surface area contributed by atoms with Crippen LogP contribution in [0.2, 0.25) is 0 Å². The van der Waals surface area contributed by atoms with Crippen LogP contribution < -0.4 is 10.9 Å². The van der Waals surface area contributed by atoms with Gasteiger partial charge in [0.1, 0.15) is 5.82 Å². The Morgan fingerprint density at radius 2 is 2.19 bits per heavy atom. The number of benzene rings is 1. The van der Waals surface area contributed by atoms with Crippen molar-refractivity contribution < 1.29 is 5.11 Å². The van der Waals surface area contributed by atoms with E-state index in [9.17, 15) is 9.90 Å². The summed E-state index contributed by atoms with van der Waals surface area (Å²) in [6, 6.07) is 8.40. The lowest BCUT2D eigenvalue weighted by molar-refractivity contribution is 0.452. The first-order valence-electron chi connectivity index (χ1n) is 4.77. The van der Waals surface area contributed by atoms with Gasteiger partial charge < -0.3 is 15.4 Å². The van der Waals surface area contributed by atoms with Crippen LogP contribution in [-0.4, -0.2) is 22.1 Å². The summed E-state index contributed by atoms with van der Waals surface area (Å²) < 4.78 is 0. The molecule has 16 heavy (non-hydrogen) atoms. The number of hydrogen-bond acceptors (Lipinski definition) is 4. The largest absolute Gasteiger partial charge is 0.493 e. The molecule has 3 N–H and O–H groups in total. The minimum atomic E-state index is -0.377. The number of anilines is 1. The molecule has 5 nitrogen and oxygen atoms in total. The maximum Gasteiger partial charge on any atom is 0.254 e. The van der Waals surface area contributed by atoms with Gasteiger partial charge in [-0.1, -0.05) is 12.1 Å². The average Bonchev–Trinajstić information content (AvgIpc) is 2.28. The maximum absolute atomic E-state index is 11.2. The third-order valence-electron chi connectivity index (χ3n) is 2.15. The van der Waals surface area contributed by atoms with Gasteiger partial charge in [0.05, 0.1) is 6.07 Å². The first-order chi connectivity index (χ1) is 7.69. The molecule has 1 aromatic carbocycles. The normalized spacial score (nSPS) is 10.1. The smallest absolute Gasteiger partial charge is 0.254 e. The molecule has 2 aromatic rings. The van der Waals surface area contributed by atoms with Gasteiger partial charge in [0.2, 0.25) is 5.88 Å². The zero-order valence-electron chi connectivity index (χ0n) is 8.69. The fourth-order valence-electron chi connectivity index (χ4n) is 1.40. The van der Waals surface area contributed by atoms with Gasteiger partial charge in [-0.05, 0) is 12.1 Å². The van der Waals surface area contributed by atoms with E-state index in [2.05, 4.69) is 15.3 Å². The molecular formula is C11H11N3O2. The van der Waals surface area contributed by atoms with E-state index in [1.165, 1.54) is 0 Å². The molecule has 0 aliphatic carbocycles. The van der Waals surface area contributed by atoms with Crippen LogP contribution in [-0.2, 0) is 0 Å². The van der Waals surface area contributed by atoms with Crippen molar-refractivity contribution in [3.05, 3.63) is 40.7 Å². The first-order valence-corrected chi connectivity index (χ1v) is 4.77. The predicted molar refractivity (Wildman–Crippen MR) is 61.5 cm³/mol. The highest BCUT2D eigenvalue weighted by Crippen LogP contribution is 2.19. The number of nitrogens with zero attached hydrogens (tertiary/aromatic N) is 1. The van der Waals surface area contributed by atoms with Crippen LogP contribution in [0, 0.1) is 0 Å². The molecule has 0 aliphatic rings. The van der Waals surface area contributed by atoms with E-state index >= 15 is 0 Å². The first kappa shape index (κ1) is 10.2. The molecule has 0 saturated carbocycles. The van der Waals surface area contributed by atoms with Crippen LogP contribution in [0.1, 0.15) is 0 Å². The molecule has 5 heteroatoms. The van der Waals surface area contributed by atoms with E-state index in [1.54, 1.807) is 13.1 Å². The Labute approximate surface area is 91.8 Å². The van der Waals surface area contributed by atoms with Crippen molar-refractivity contribution in [3.63, 3.8) is 0 Å². The fraction of sp³-hybridized carbons (Fsp3) is 0.0909. The van der Waals surface area contributed by atoms with Gasteiger partial charge in [-0.25, -0.2) is 0 Å². The third kappa shape index (κ3) is 2.03. The number of aromatic nitrogens is 2. The van der Waals surface area contributed by atoms with Crippen molar-refractivity contribution in [2.45, 2.75) is 0 Å². The SMILES string of the molecule is CNc1cccc(-c2nc(O)cc(=O)[nH]2)c1. The predicted octanol–water partition coefficient (Wildman–Crippen LogP) is 1.18. The van der Waals surface area contributed by atoms with Crippen LogP contribution in [0.5, 0.6) is 5.88 Å². The summed E-state index contributed by atoms with van der Waals surface area (Å²) in [4.78, 5) is 17.6. The molecule has 2 rings (SSSR count). The molecule has 0 saturated heterocycles. The number of hydrogen-bond donors (Lipinski definition) is 3. The van der Waals surface area contributed by atoms with Gasteiger partial charge in [-0.15, -0.1) is 0 Å². The van der Waals surface area contributed by atoms with Gasteiger partial charge in [0.15, 0.2) is 0 Å². The lowest BCUT2D eigenvalue weighted by Gasteiger charge is -2.04. The molecule has 0 unspecified atom stereocenters. The summed E-state index contributed by atoms with van der Waals surface area (Å²) in [6.07, 6.45) is 0. The Morgan fingerprint density at radius 3 is 2.88 bits per heavy atom. The summed E-state index contributed by atoms with van der Waals surface area (Å²) in [5.74, 6) is 0.0655. The van der Waals surface area contributed by atoms with Crippen LogP contribution in [0.3, 0.4) is 0 Å². The summed E-state index contributed by atoms with van der Waals surface area (Å²) in [7, 11) is 1.80. The molecule has 0 atom stereocenters. The van der Waals surface area contributed by atoms with Crippen LogP contribution >= 0.6 is 0 Å². The average molecular weight is 217 g/mol. The van der Waals surface area contributed by atoms with Crippen molar-refractivity contribution >= 4 is 5.69 Å². The zero-order chi connectivity index (χ0) is 11.5. The number of nitrogens with one attached hydrogen (secondary N) is 2. The maximum atomic E-state index is 11.2. The molecule has 82 valence electrons. The highest BCUT2D eigenvalue weighted by Gasteiger charge is 2.03. The lowest BCUT2D eigenvalue weighted by atomic mass is 10.2. The minimum Gasteiger partial charge on any atom is -0.493 e. The van der Waals surface area contributed by atoms with E-state index in [-0.39, 0.29) is 11.4 Å². The molecule has 0 fully saturated rings. The van der Waals surface area contributed by atoms with Gasteiger partial charge in [0, 0.05) is 18.3 Å². The second-order valence-corrected chi connectivity index (χ2v) is 3.28. The van der Waals surface area contributed by atoms with Crippen LogP contribution in [0.15, 0.2) is 35.1 Å². The highest BCUT2D eigenvalue weighted by molar-refractivity contribution is 5.62. The summed E-state index contributed by atoms with van der Waals surface area (Å²) in [5.41, 5.74) is 1.26. The van der Waals surface area contributed by atoms with E-state index < -0.39 is 0 Å². The van der Waals surface area contributed by atoms with E-state index in [1.807, 2.05) is 18.2 Å². The summed E-state index contributed by atoms with van der Waals surface area (Å²) in [5, 5.41) is 12.2. The van der Waals surface area contributed by atoms with Crippen molar-refractivity contribution in [2.24, 2.45) is 0 Å². The van der Waals surface area contributed by atoms with Crippen LogP contribution in [0.4, 0.5) is 5.69 Å². The monoisotopic (exact) mass is 217 g/mol. The topological polar surface area (TPSA) is 78.0 Å². The third-order valence-corrected chi connectivity index (χ3v) is 2.15. The Bertz CT molecular complexity index is 563. The molecular weight excluding hydrogens is 206 g/mol. The summed E-state index contributed by atoms with van der Waals surface area (Å²) >= 11 is 0. The van der Waals surface area contributed by atoms with Crippen molar-refractivity contribution in [3.8, 4) is 17.3 Å². The molecule has 0 bridgehead atoms. The lowest BCUT2D eigenvalue weighted by Crippen LogP contribution is -2.06. The molecule has 1 heterocycles. The molecule has 0 aliphatic heterocycles. The van der Waals surface area contributed by atoms with E-state index in [0.29, 0.717) is 5.82 Å². The Kier molecular flexibility index (Phi) is 2.59. The zero-order valence-corrected chi connectivity index (χ0v) is 8.69. The molecule has 0 amide bonds. The standard InChI is InChI=1S/C11H11N3O2/c1-12-8-4-2-3-7(5-8)11-13-9(15)6-10(16)14-11/h2-6,12H,1H3,(H2,13,14,15,16). The number of H-pyrrole nitrogens is 1. The van der Waals surface area contributed by atoms with Crippen molar-refractivity contribution in [2.75, 3.05) is 12.4 Å². The van der Waals surface area contributed by atoms with Gasteiger partial charge in [0.25, 0.3) is 5.56 Å². The fourth-order valence-corrected chi connectivity index (χ4v) is 1.40. The molecule has 1 aromatic heterocycles. The van der Waals surface area contributed by atoms with Gasteiger partial charge >= 0.3 is 0 Å². The Balaban J connectivity index is 2.53. The number of aromatic amines is 1. The Hall–Kier alpha value is -2.30. The minimum absolute atomic E-state index is 0.284. The van der Waals surface area contributed by atoms with E-state index in [4.69, 9.17) is 0 Å². The van der Waals surface area contributed by atoms with Crippen molar-refractivity contribution in [1.82, 2.24) is 9.97 Å². The van der Waals surface area contributed by atoms with E-state index in [0.717, 1.165) is 17.3 Å². The second-order valence-electron chi connectivity index (χ2n) is 3.28. The quantitative estimate of drug-likeness (QED) is 0.706. The number of rotatable bonds is 2. The van der Waals surface area contributed by atoms with Crippen LogP contribution in [0.25, 0.3) is 11.4 Å². The van der Waals surface area contributed by atoms with Gasteiger partial charge in [-0.2, -0.15) is 4.98 Å². The molecule has 0 spiro atoms. The summed E-state index contributed by atoms with van der Waals surface area (Å²) in [6.45, 7) is 0. The second kappa shape index (κ2) is 4.06. The highest BCUT2D eigenvalue weighted by atomic mass is 16.3. The molecule has 0 radical (unpaired) electrons. The van der Waals surface area contributed by atoms with Crippen molar-refractivity contribution in [1.29, 1.82) is 0 Å².